The molecule has 0 aliphatic carbocycles. The Morgan fingerprint density at radius 1 is 1.22 bits per heavy atom. The predicted octanol–water partition coefficient (Wildman–Crippen LogP) is 6.03. The molecule has 1 amide bonds. The van der Waals surface area contributed by atoms with E-state index >= 15 is 0 Å². The lowest BCUT2D eigenvalue weighted by Crippen LogP contribution is -2.42. The zero-order chi connectivity index (χ0) is 19.8. The fourth-order valence-corrected chi connectivity index (χ4v) is 3.79. The van der Waals surface area contributed by atoms with E-state index in [2.05, 4.69) is 15.9 Å². The molecule has 0 saturated heterocycles. The van der Waals surface area contributed by atoms with E-state index in [0.717, 1.165) is 33.5 Å². The highest BCUT2D eigenvalue weighted by atomic mass is 79.9. The minimum absolute atomic E-state index is 0.228. The zero-order valence-electron chi connectivity index (χ0n) is 15.9. The Hall–Kier alpha value is -2.08. The third kappa shape index (κ3) is 4.26. The number of carbonyl (C=O) groups excluding carboxylic acids is 1. The van der Waals surface area contributed by atoms with Crippen LogP contribution in [0.4, 0.5) is 14.9 Å². The molecule has 3 rings (SSSR count). The van der Waals surface area contributed by atoms with Gasteiger partial charge < -0.3 is 9.47 Å². The third-order valence-corrected chi connectivity index (χ3v) is 5.08. The zero-order valence-corrected chi connectivity index (χ0v) is 17.5. The Balaban J connectivity index is 2.08. The first kappa shape index (κ1) is 19.7. The van der Waals surface area contributed by atoms with Crippen LogP contribution in [0.1, 0.15) is 44.4 Å². The molecule has 27 heavy (non-hydrogen) atoms. The van der Waals surface area contributed by atoms with Crippen molar-refractivity contribution in [1.82, 2.24) is 0 Å². The molecule has 4 nitrogen and oxygen atoms in total. The Kier molecular flexibility index (Phi) is 5.47. The van der Waals surface area contributed by atoms with Gasteiger partial charge in [0.25, 0.3) is 0 Å². The maximum atomic E-state index is 13.4. The quantitative estimate of drug-likeness (QED) is 0.578. The minimum atomic E-state index is -0.619. The number of halogens is 2. The summed E-state index contributed by atoms with van der Waals surface area (Å²) in [5, 5.41) is 0. The van der Waals surface area contributed by atoms with Crippen LogP contribution in [-0.4, -0.2) is 18.8 Å². The molecule has 1 unspecified atom stereocenters. The van der Waals surface area contributed by atoms with Crippen molar-refractivity contribution in [3.05, 3.63) is 57.8 Å². The number of benzene rings is 2. The highest BCUT2D eigenvalue weighted by Crippen LogP contribution is 2.43. The van der Waals surface area contributed by atoms with Gasteiger partial charge in [-0.2, -0.15) is 0 Å². The molecule has 0 spiro atoms. The first-order chi connectivity index (χ1) is 12.7. The Morgan fingerprint density at radius 2 is 1.89 bits per heavy atom. The molecule has 1 atom stereocenters. The molecule has 1 aliphatic heterocycles. The molecule has 0 saturated carbocycles. The molecule has 6 heteroatoms. The summed E-state index contributed by atoms with van der Waals surface area (Å²) >= 11 is 3.51. The molecule has 2 aromatic rings. The van der Waals surface area contributed by atoms with Crippen molar-refractivity contribution in [2.24, 2.45) is 0 Å². The van der Waals surface area contributed by atoms with Gasteiger partial charge in [0.1, 0.15) is 17.2 Å². The molecule has 144 valence electrons. The van der Waals surface area contributed by atoms with Crippen molar-refractivity contribution in [3.63, 3.8) is 0 Å². The van der Waals surface area contributed by atoms with E-state index in [1.807, 2.05) is 32.9 Å². The van der Waals surface area contributed by atoms with Crippen LogP contribution in [0.25, 0.3) is 0 Å². The topological polar surface area (TPSA) is 38.8 Å². The average Bonchev–Trinajstić information content (AvgIpc) is 2.59. The molecule has 0 aromatic heterocycles. The monoisotopic (exact) mass is 435 g/mol. The smallest absolute Gasteiger partial charge is 0.415 e. The van der Waals surface area contributed by atoms with E-state index in [1.54, 1.807) is 24.1 Å². The maximum absolute atomic E-state index is 13.4. The van der Waals surface area contributed by atoms with Gasteiger partial charge in [0, 0.05) is 0 Å². The van der Waals surface area contributed by atoms with E-state index in [1.165, 1.54) is 12.1 Å². The summed E-state index contributed by atoms with van der Waals surface area (Å²) in [4.78, 5) is 14.7. The van der Waals surface area contributed by atoms with Gasteiger partial charge in [-0.1, -0.05) is 12.1 Å². The molecule has 1 aliphatic rings. The summed E-state index contributed by atoms with van der Waals surface area (Å²) in [6.07, 6.45) is 1.07. The second kappa shape index (κ2) is 7.50. The first-order valence-corrected chi connectivity index (χ1v) is 9.63. The summed E-state index contributed by atoms with van der Waals surface area (Å²) in [7, 11) is 1.61. The summed E-state index contributed by atoms with van der Waals surface area (Å²) in [5.41, 5.74) is 2.04. The summed E-state index contributed by atoms with van der Waals surface area (Å²) in [6, 6.07) is 9.88. The first-order valence-electron chi connectivity index (χ1n) is 8.83. The number of rotatable bonds is 2. The van der Waals surface area contributed by atoms with Gasteiger partial charge in [-0.15, -0.1) is 0 Å². The van der Waals surface area contributed by atoms with Crippen LogP contribution in [0.3, 0.4) is 0 Å². The number of carbonyl (C=O) groups is 1. The second-order valence-corrected chi connectivity index (χ2v) is 8.43. The van der Waals surface area contributed by atoms with Gasteiger partial charge in [0.15, 0.2) is 0 Å². The number of fused-ring (bicyclic) bond motifs is 1. The van der Waals surface area contributed by atoms with E-state index in [0.29, 0.717) is 6.42 Å². The number of anilines is 1. The lowest BCUT2D eigenvalue weighted by Gasteiger charge is -2.38. The number of methoxy groups -OCH3 is 1. The van der Waals surface area contributed by atoms with Crippen LogP contribution in [0.5, 0.6) is 5.75 Å². The van der Waals surface area contributed by atoms with Crippen molar-refractivity contribution < 1.29 is 18.7 Å². The van der Waals surface area contributed by atoms with Crippen LogP contribution >= 0.6 is 15.9 Å². The Morgan fingerprint density at radius 3 is 2.48 bits per heavy atom. The van der Waals surface area contributed by atoms with Crippen molar-refractivity contribution in [3.8, 4) is 5.75 Å². The predicted molar refractivity (Wildman–Crippen MR) is 107 cm³/mol. The van der Waals surface area contributed by atoms with Gasteiger partial charge in [0.2, 0.25) is 0 Å². The van der Waals surface area contributed by atoms with Gasteiger partial charge >= 0.3 is 6.09 Å². The Labute approximate surface area is 167 Å². The van der Waals surface area contributed by atoms with Crippen LogP contribution < -0.4 is 9.64 Å². The van der Waals surface area contributed by atoms with Crippen LogP contribution in [0, 0.1) is 5.82 Å². The van der Waals surface area contributed by atoms with Crippen LogP contribution in [0.2, 0.25) is 0 Å². The van der Waals surface area contributed by atoms with Crippen molar-refractivity contribution >= 4 is 27.7 Å². The number of hydrogen-bond donors (Lipinski definition) is 0. The van der Waals surface area contributed by atoms with Crippen molar-refractivity contribution in [2.45, 2.75) is 45.3 Å². The van der Waals surface area contributed by atoms with Crippen molar-refractivity contribution in [2.75, 3.05) is 12.0 Å². The lowest BCUT2D eigenvalue weighted by atomic mass is 9.91. The summed E-state index contributed by atoms with van der Waals surface area (Å²) in [5.74, 6) is 0.421. The van der Waals surface area contributed by atoms with Crippen LogP contribution in [-0.2, 0) is 11.2 Å². The SMILES string of the molecule is COc1cc2c(cc1Br)N(C(=O)OC(C)(C)C)C(c1ccc(F)cc1)CC2. The molecule has 0 radical (unpaired) electrons. The van der Waals surface area contributed by atoms with E-state index in [4.69, 9.17) is 9.47 Å². The van der Waals surface area contributed by atoms with Gasteiger partial charge in [0.05, 0.1) is 23.3 Å². The standard InChI is InChI=1S/C21H23BrFNO3/c1-21(2,3)27-20(25)24-17(13-5-8-15(23)9-6-13)10-7-14-11-19(26-4)16(22)12-18(14)24/h5-6,8-9,11-12,17H,7,10H2,1-4H3. The third-order valence-electron chi connectivity index (χ3n) is 4.46. The highest BCUT2D eigenvalue weighted by molar-refractivity contribution is 9.10. The van der Waals surface area contributed by atoms with Crippen LogP contribution in [0.15, 0.2) is 40.9 Å². The lowest BCUT2D eigenvalue weighted by molar-refractivity contribution is 0.0560. The molecular weight excluding hydrogens is 413 g/mol. The van der Waals surface area contributed by atoms with Gasteiger partial charge in [-0.05, 0) is 84.9 Å². The number of aryl methyl sites for hydroxylation is 1. The van der Waals surface area contributed by atoms with E-state index in [-0.39, 0.29) is 11.9 Å². The number of ether oxygens (including phenoxy) is 2. The fraction of sp³-hybridized carbons (Fsp3) is 0.381. The number of amides is 1. The van der Waals surface area contributed by atoms with Crippen molar-refractivity contribution in [1.29, 1.82) is 0 Å². The normalized spacial score (nSPS) is 16.7. The second-order valence-electron chi connectivity index (χ2n) is 7.57. The van der Waals surface area contributed by atoms with E-state index < -0.39 is 11.7 Å². The summed E-state index contributed by atoms with van der Waals surface area (Å²) in [6.45, 7) is 5.52. The molecule has 2 aromatic carbocycles. The van der Waals surface area contributed by atoms with E-state index in [9.17, 15) is 9.18 Å². The number of hydrogen-bond acceptors (Lipinski definition) is 3. The molecule has 0 N–H and O–H groups in total. The van der Waals surface area contributed by atoms with Gasteiger partial charge in [-0.25, -0.2) is 9.18 Å². The average molecular weight is 436 g/mol. The molecular formula is C21H23BrFNO3. The van der Waals surface area contributed by atoms with Gasteiger partial charge in [-0.3, -0.25) is 4.90 Å². The highest BCUT2D eigenvalue weighted by Gasteiger charge is 2.35. The Bertz CT molecular complexity index is 846. The molecule has 0 bridgehead atoms. The molecule has 1 heterocycles. The number of nitrogens with zero attached hydrogens (tertiary/aromatic N) is 1. The maximum Gasteiger partial charge on any atom is 0.415 e. The molecule has 0 fully saturated rings. The summed E-state index contributed by atoms with van der Waals surface area (Å²) < 4.78 is 25.2. The fourth-order valence-electron chi connectivity index (χ4n) is 3.29. The largest absolute Gasteiger partial charge is 0.496 e. The minimum Gasteiger partial charge on any atom is -0.496 e.